The summed E-state index contributed by atoms with van der Waals surface area (Å²) in [6.45, 7) is 0.0738. The molecule has 6 nitrogen and oxygen atoms in total. The maximum absolute atomic E-state index is 12.1. The fourth-order valence-electron chi connectivity index (χ4n) is 2.48. The molecule has 1 atom stereocenters. The third kappa shape index (κ3) is 3.61. The van der Waals surface area contributed by atoms with Gasteiger partial charge in [-0.05, 0) is 23.6 Å². The zero-order chi connectivity index (χ0) is 17.9. The molecule has 0 saturated carbocycles. The molecule has 1 aliphatic heterocycles. The summed E-state index contributed by atoms with van der Waals surface area (Å²) >= 11 is 3.11. The highest BCUT2D eigenvalue weighted by Crippen LogP contribution is 2.30. The van der Waals surface area contributed by atoms with E-state index in [4.69, 9.17) is 9.47 Å². The van der Waals surface area contributed by atoms with Crippen molar-refractivity contribution >= 4 is 40.2 Å². The second kappa shape index (κ2) is 7.27. The molecule has 4 rings (SSSR count). The number of nitrogens with one attached hydrogen (secondary N) is 1. The van der Waals surface area contributed by atoms with Gasteiger partial charge in [-0.1, -0.05) is 12.1 Å². The van der Waals surface area contributed by atoms with E-state index in [1.807, 2.05) is 22.2 Å². The van der Waals surface area contributed by atoms with E-state index in [2.05, 4.69) is 10.3 Å². The topological polar surface area (TPSA) is 77.5 Å². The van der Waals surface area contributed by atoms with Crippen molar-refractivity contribution in [3.05, 3.63) is 52.2 Å². The molecule has 1 aromatic carbocycles. The number of aromatic nitrogens is 1. The first-order chi connectivity index (χ1) is 12.7. The zero-order valence-corrected chi connectivity index (χ0v) is 15.1. The first kappa shape index (κ1) is 16.7. The van der Waals surface area contributed by atoms with E-state index < -0.39 is 12.1 Å². The van der Waals surface area contributed by atoms with E-state index in [9.17, 15) is 9.59 Å². The van der Waals surface area contributed by atoms with Crippen LogP contribution in [0, 0.1) is 0 Å². The highest BCUT2D eigenvalue weighted by molar-refractivity contribution is 7.14. The third-order valence-electron chi connectivity index (χ3n) is 3.76. The lowest BCUT2D eigenvalue weighted by atomic mass is 10.1. The Morgan fingerprint density at radius 3 is 3.00 bits per heavy atom. The zero-order valence-electron chi connectivity index (χ0n) is 13.5. The highest BCUT2D eigenvalue weighted by atomic mass is 32.1. The Morgan fingerprint density at radius 1 is 1.27 bits per heavy atom. The lowest BCUT2D eigenvalue weighted by molar-refractivity contribution is -0.149. The smallest absolute Gasteiger partial charge is 0.310 e. The molecule has 0 spiro atoms. The molecule has 3 aromatic rings. The minimum atomic E-state index is -0.894. The number of para-hydroxylation sites is 2. The third-order valence-corrected chi connectivity index (χ3v) is 5.38. The van der Waals surface area contributed by atoms with Gasteiger partial charge in [0, 0.05) is 16.3 Å². The van der Waals surface area contributed by atoms with E-state index >= 15 is 0 Å². The summed E-state index contributed by atoms with van der Waals surface area (Å²) in [5.74, 6) is -0.312. The first-order valence-electron chi connectivity index (χ1n) is 7.88. The Kier molecular flexibility index (Phi) is 4.68. The number of thiophene rings is 1. The van der Waals surface area contributed by atoms with Crippen LogP contribution in [0.4, 0.5) is 5.69 Å². The van der Waals surface area contributed by atoms with Gasteiger partial charge in [0.15, 0.2) is 6.10 Å². The summed E-state index contributed by atoms with van der Waals surface area (Å²) in [6.07, 6.45) is -1.05. The largest absolute Gasteiger partial charge is 0.478 e. The number of carbonyl (C=O) groups excluding carboxylic acids is 2. The van der Waals surface area contributed by atoms with Gasteiger partial charge in [-0.2, -0.15) is 11.3 Å². The number of ether oxygens (including phenoxy) is 2. The Morgan fingerprint density at radius 2 is 2.15 bits per heavy atom. The Hall–Kier alpha value is -2.71. The van der Waals surface area contributed by atoms with Gasteiger partial charge in [0.1, 0.15) is 17.4 Å². The molecular formula is C18H14N2O4S2. The number of fused-ring (bicyclic) bond motifs is 1. The van der Waals surface area contributed by atoms with Crippen LogP contribution in [0.2, 0.25) is 0 Å². The second-order valence-corrected chi connectivity index (χ2v) is 7.25. The summed E-state index contributed by atoms with van der Waals surface area (Å²) in [6, 6.07) is 9.09. The van der Waals surface area contributed by atoms with E-state index in [-0.39, 0.29) is 18.9 Å². The molecule has 0 saturated heterocycles. The number of anilines is 1. The average Bonchev–Trinajstić information content (AvgIpc) is 3.32. The number of benzene rings is 1. The lowest BCUT2D eigenvalue weighted by Gasteiger charge is -2.25. The summed E-state index contributed by atoms with van der Waals surface area (Å²) in [5.41, 5.74) is 2.35. The maximum Gasteiger partial charge on any atom is 0.310 e. The first-order valence-corrected chi connectivity index (χ1v) is 9.70. The van der Waals surface area contributed by atoms with E-state index in [1.54, 1.807) is 35.6 Å². The predicted molar refractivity (Wildman–Crippen MR) is 99.3 cm³/mol. The van der Waals surface area contributed by atoms with Crippen molar-refractivity contribution in [2.24, 2.45) is 0 Å². The van der Waals surface area contributed by atoms with Gasteiger partial charge >= 0.3 is 5.97 Å². The van der Waals surface area contributed by atoms with Crippen LogP contribution in [-0.4, -0.2) is 23.0 Å². The Balaban J connectivity index is 1.33. The molecule has 8 heteroatoms. The molecular weight excluding hydrogens is 372 g/mol. The van der Waals surface area contributed by atoms with Crippen LogP contribution in [0.3, 0.4) is 0 Å². The minimum Gasteiger partial charge on any atom is -0.478 e. The van der Waals surface area contributed by atoms with Crippen molar-refractivity contribution in [3.63, 3.8) is 0 Å². The maximum atomic E-state index is 12.1. The Bertz CT molecular complexity index is 936. The van der Waals surface area contributed by atoms with Crippen molar-refractivity contribution in [3.8, 4) is 16.3 Å². The van der Waals surface area contributed by atoms with Crippen molar-refractivity contribution in [2.45, 2.75) is 19.1 Å². The molecule has 26 heavy (non-hydrogen) atoms. The summed E-state index contributed by atoms with van der Waals surface area (Å²) in [7, 11) is 0. The SMILES string of the molecule is O=C(C[C@H]1Oc2ccccc2NC1=O)OCc1csc(-c2ccsc2)n1. The number of nitrogens with zero attached hydrogens (tertiary/aromatic N) is 1. The van der Waals surface area contributed by atoms with Gasteiger partial charge in [-0.3, -0.25) is 9.59 Å². The standard InChI is InChI=1S/C18H14N2O4S2/c21-16(7-15-17(22)20-13-3-1-2-4-14(13)24-15)23-8-12-10-26-18(19-12)11-5-6-25-9-11/h1-6,9-10,15H,7-8H2,(H,20,22)/t15-/m1/s1. The van der Waals surface area contributed by atoms with Crippen molar-refractivity contribution in [1.82, 2.24) is 4.98 Å². The quantitative estimate of drug-likeness (QED) is 0.677. The van der Waals surface area contributed by atoms with Crippen LogP contribution in [0.25, 0.3) is 10.6 Å². The van der Waals surface area contributed by atoms with Crippen molar-refractivity contribution < 1.29 is 19.1 Å². The van der Waals surface area contributed by atoms with Gasteiger partial charge in [0.05, 0.1) is 17.8 Å². The molecule has 1 amide bonds. The van der Waals surface area contributed by atoms with Crippen molar-refractivity contribution in [2.75, 3.05) is 5.32 Å². The molecule has 0 bridgehead atoms. The number of hydrogen-bond acceptors (Lipinski definition) is 7. The van der Waals surface area contributed by atoms with Crippen LogP contribution in [0.1, 0.15) is 12.1 Å². The van der Waals surface area contributed by atoms with Crippen LogP contribution < -0.4 is 10.1 Å². The Labute approximate surface area is 157 Å². The fourth-order valence-corrected chi connectivity index (χ4v) is 4.00. The number of thiazole rings is 1. The van der Waals surface area contributed by atoms with Crippen molar-refractivity contribution in [1.29, 1.82) is 0 Å². The number of hydrogen-bond donors (Lipinski definition) is 1. The van der Waals surface area contributed by atoms with Gasteiger partial charge in [-0.15, -0.1) is 11.3 Å². The number of rotatable bonds is 5. The van der Waals surface area contributed by atoms with E-state index in [1.165, 1.54) is 11.3 Å². The van der Waals surface area contributed by atoms with Gasteiger partial charge in [-0.25, -0.2) is 4.98 Å². The number of carbonyl (C=O) groups is 2. The van der Waals surface area contributed by atoms with E-state index in [0.29, 0.717) is 17.1 Å². The summed E-state index contributed by atoms with van der Waals surface area (Å²) in [5, 5.41) is 9.49. The van der Waals surface area contributed by atoms with Gasteiger partial charge < -0.3 is 14.8 Å². The van der Waals surface area contributed by atoms with Gasteiger partial charge in [0.2, 0.25) is 0 Å². The fraction of sp³-hybridized carbons (Fsp3) is 0.167. The molecule has 2 aromatic heterocycles. The van der Waals surface area contributed by atoms with Crippen LogP contribution in [-0.2, 0) is 20.9 Å². The molecule has 1 N–H and O–H groups in total. The number of amides is 1. The lowest BCUT2D eigenvalue weighted by Crippen LogP contribution is -2.38. The molecule has 1 aliphatic rings. The summed E-state index contributed by atoms with van der Waals surface area (Å²) in [4.78, 5) is 28.6. The van der Waals surface area contributed by atoms with Crippen LogP contribution >= 0.6 is 22.7 Å². The second-order valence-electron chi connectivity index (χ2n) is 5.61. The highest BCUT2D eigenvalue weighted by Gasteiger charge is 2.30. The molecule has 132 valence electrons. The molecule has 0 aliphatic carbocycles. The van der Waals surface area contributed by atoms with Crippen LogP contribution in [0.5, 0.6) is 5.75 Å². The monoisotopic (exact) mass is 386 g/mol. The molecule has 3 heterocycles. The number of esters is 1. The van der Waals surface area contributed by atoms with Gasteiger partial charge in [0.25, 0.3) is 5.91 Å². The minimum absolute atomic E-state index is 0.0738. The molecule has 0 radical (unpaired) electrons. The molecule has 0 unspecified atom stereocenters. The predicted octanol–water partition coefficient (Wildman–Crippen LogP) is 3.70. The molecule has 0 fully saturated rings. The normalized spacial score (nSPS) is 15.7. The van der Waals surface area contributed by atoms with Crippen LogP contribution in [0.15, 0.2) is 46.5 Å². The average molecular weight is 386 g/mol. The summed E-state index contributed by atoms with van der Waals surface area (Å²) < 4.78 is 10.8. The van der Waals surface area contributed by atoms with E-state index in [0.717, 1.165) is 10.6 Å².